The van der Waals surface area contributed by atoms with E-state index < -0.39 is 36.6 Å². The molecule has 3 rings (SSSR count). The van der Waals surface area contributed by atoms with E-state index in [2.05, 4.69) is 20.0 Å². The van der Waals surface area contributed by atoms with Crippen molar-refractivity contribution in [1.29, 1.82) is 0 Å². The number of fused-ring (bicyclic) bond motifs is 1. The van der Waals surface area contributed by atoms with Crippen LogP contribution in [0.3, 0.4) is 0 Å². The minimum absolute atomic E-state index is 0.0832. The fraction of sp³-hybridized carbons (Fsp3) is 0.545. The van der Waals surface area contributed by atoms with Crippen molar-refractivity contribution in [3.8, 4) is 0 Å². The Morgan fingerprint density at radius 1 is 1.40 bits per heavy atom. The van der Waals surface area contributed by atoms with Gasteiger partial charge in [-0.05, 0) is 6.92 Å². The molecule has 3 aliphatic rings. The number of amides is 2. The van der Waals surface area contributed by atoms with Crippen LogP contribution in [0.2, 0.25) is 0 Å². The summed E-state index contributed by atoms with van der Waals surface area (Å²) in [7, 11) is 0. The quantitative estimate of drug-likeness (QED) is 0.554. The average molecular weight is 280 g/mol. The van der Waals surface area contributed by atoms with Crippen LogP contribution in [-0.2, 0) is 4.74 Å². The fourth-order valence-corrected chi connectivity index (χ4v) is 2.27. The molecule has 1 fully saturated rings. The highest BCUT2D eigenvalue weighted by atomic mass is 16.6. The normalized spacial score (nSPS) is 39.5. The van der Waals surface area contributed by atoms with Crippen molar-refractivity contribution in [2.75, 3.05) is 6.61 Å². The van der Waals surface area contributed by atoms with Gasteiger partial charge in [0.2, 0.25) is 0 Å². The zero-order chi connectivity index (χ0) is 14.5. The van der Waals surface area contributed by atoms with E-state index in [1.54, 1.807) is 0 Å². The molecular formula is C11H12N4O5. The minimum Gasteiger partial charge on any atom is -0.394 e. The summed E-state index contributed by atoms with van der Waals surface area (Å²) < 4.78 is 5.38. The number of carbonyl (C=O) groups excluding carboxylic acids is 1. The SMILES string of the molecule is C[C@@]1(O)[C@H](O)[C@@H](CO)O[C@H]1C1=NC2=NC(=O)N=CC2=N1. The van der Waals surface area contributed by atoms with Gasteiger partial charge in [0.25, 0.3) is 0 Å². The van der Waals surface area contributed by atoms with E-state index in [0.29, 0.717) is 5.71 Å². The van der Waals surface area contributed by atoms with Crippen LogP contribution < -0.4 is 0 Å². The van der Waals surface area contributed by atoms with Crippen LogP contribution in [0.1, 0.15) is 6.92 Å². The maximum atomic E-state index is 11.0. The van der Waals surface area contributed by atoms with Gasteiger partial charge < -0.3 is 20.1 Å². The summed E-state index contributed by atoms with van der Waals surface area (Å²) in [6.45, 7) is 0.919. The van der Waals surface area contributed by atoms with Crippen LogP contribution in [0.25, 0.3) is 0 Å². The van der Waals surface area contributed by atoms with Crippen LogP contribution in [0.5, 0.6) is 0 Å². The molecule has 0 bridgehead atoms. The van der Waals surface area contributed by atoms with Crippen LogP contribution >= 0.6 is 0 Å². The first-order valence-electron chi connectivity index (χ1n) is 5.94. The topological polar surface area (TPSA) is 136 Å². The van der Waals surface area contributed by atoms with Gasteiger partial charge >= 0.3 is 6.03 Å². The van der Waals surface area contributed by atoms with Gasteiger partial charge in [-0.2, -0.15) is 9.98 Å². The van der Waals surface area contributed by atoms with Crippen LogP contribution in [0.15, 0.2) is 20.0 Å². The molecule has 3 aliphatic heterocycles. The highest BCUT2D eigenvalue weighted by Gasteiger charge is 2.54. The summed E-state index contributed by atoms with van der Waals surface area (Å²) in [5.74, 6) is 0.182. The lowest BCUT2D eigenvalue weighted by Gasteiger charge is -2.25. The lowest BCUT2D eigenvalue weighted by atomic mass is 9.92. The molecular weight excluding hydrogens is 268 g/mol. The second-order valence-electron chi connectivity index (χ2n) is 4.85. The summed E-state index contributed by atoms with van der Waals surface area (Å²) >= 11 is 0. The van der Waals surface area contributed by atoms with E-state index in [0.717, 1.165) is 0 Å². The molecule has 0 aromatic rings. The molecule has 0 aromatic heterocycles. The number of aliphatic hydroxyl groups excluding tert-OH is 2. The first-order valence-corrected chi connectivity index (χ1v) is 5.94. The molecule has 0 saturated carbocycles. The van der Waals surface area contributed by atoms with Gasteiger partial charge in [-0.25, -0.2) is 14.8 Å². The molecule has 0 spiro atoms. The third kappa shape index (κ3) is 1.83. The van der Waals surface area contributed by atoms with Crippen molar-refractivity contribution in [3.05, 3.63) is 0 Å². The number of hydrogen-bond acceptors (Lipinski definition) is 7. The summed E-state index contributed by atoms with van der Waals surface area (Å²) in [5, 5.41) is 29.3. The summed E-state index contributed by atoms with van der Waals surface area (Å²) in [5.41, 5.74) is -1.37. The van der Waals surface area contributed by atoms with Gasteiger partial charge in [-0.15, -0.1) is 0 Å². The molecule has 0 aromatic carbocycles. The molecule has 2 amide bonds. The lowest BCUT2D eigenvalue weighted by molar-refractivity contribution is -0.0483. The molecule has 9 heteroatoms. The summed E-state index contributed by atoms with van der Waals surface area (Å²) in [4.78, 5) is 26.2. The van der Waals surface area contributed by atoms with Gasteiger partial charge in [0.15, 0.2) is 11.7 Å². The zero-order valence-corrected chi connectivity index (χ0v) is 10.5. The number of amidine groups is 2. The molecule has 106 valence electrons. The van der Waals surface area contributed by atoms with E-state index >= 15 is 0 Å². The largest absolute Gasteiger partial charge is 0.394 e. The number of aliphatic imine (C=N–C) groups is 4. The Morgan fingerprint density at radius 2 is 2.15 bits per heavy atom. The molecule has 9 nitrogen and oxygen atoms in total. The number of nitrogens with zero attached hydrogens (tertiary/aromatic N) is 4. The van der Waals surface area contributed by atoms with Crippen LogP contribution in [0.4, 0.5) is 4.79 Å². The Balaban J connectivity index is 1.94. The maximum absolute atomic E-state index is 11.0. The third-order valence-corrected chi connectivity index (χ3v) is 3.39. The van der Waals surface area contributed by atoms with Gasteiger partial charge in [-0.3, -0.25) is 0 Å². The minimum atomic E-state index is -1.66. The van der Waals surface area contributed by atoms with Gasteiger partial charge in [0.05, 0.1) is 12.8 Å². The highest BCUT2D eigenvalue weighted by molar-refractivity contribution is 6.68. The van der Waals surface area contributed by atoms with Crippen molar-refractivity contribution < 1.29 is 24.9 Å². The Hall–Kier alpha value is -1.81. The predicted molar refractivity (Wildman–Crippen MR) is 68.6 cm³/mol. The second-order valence-corrected chi connectivity index (χ2v) is 4.85. The molecule has 4 atom stereocenters. The highest BCUT2D eigenvalue weighted by Crippen LogP contribution is 2.33. The number of urea groups is 1. The fourth-order valence-electron chi connectivity index (χ4n) is 2.27. The van der Waals surface area contributed by atoms with Crippen molar-refractivity contribution in [1.82, 2.24) is 0 Å². The average Bonchev–Trinajstić information content (AvgIpc) is 2.89. The number of rotatable bonds is 2. The second kappa shape index (κ2) is 4.35. The molecule has 3 heterocycles. The van der Waals surface area contributed by atoms with Crippen LogP contribution in [0, 0.1) is 0 Å². The standard InChI is InChI=1S/C11H12N4O5/c1-11(19)6(17)5(3-16)20-7(11)9-13-4-2-12-10(18)15-8(4)14-9/h2,5-7,16-17,19H,3H2,1H3/t5-,6-,7+,11-/m1/s1. The number of ether oxygens (including phenoxy) is 1. The Labute approximate surface area is 113 Å². The molecule has 0 unspecified atom stereocenters. The van der Waals surface area contributed by atoms with Crippen LogP contribution in [-0.4, -0.2) is 75.5 Å². The van der Waals surface area contributed by atoms with Crippen molar-refractivity contribution in [2.45, 2.75) is 30.8 Å². The smallest absolute Gasteiger partial charge is 0.369 e. The summed E-state index contributed by atoms with van der Waals surface area (Å²) in [6, 6.07) is -0.684. The number of aliphatic hydroxyl groups is 3. The first kappa shape index (κ1) is 13.2. The van der Waals surface area contributed by atoms with E-state index in [1.807, 2.05) is 0 Å². The molecule has 0 radical (unpaired) electrons. The maximum Gasteiger partial charge on any atom is 0.369 e. The molecule has 3 N–H and O–H groups in total. The molecule has 1 saturated heterocycles. The van der Waals surface area contributed by atoms with E-state index in [1.165, 1.54) is 13.1 Å². The Bertz CT molecular complexity index is 592. The van der Waals surface area contributed by atoms with E-state index in [-0.39, 0.29) is 11.7 Å². The van der Waals surface area contributed by atoms with Gasteiger partial charge in [-0.1, -0.05) is 0 Å². The first-order chi connectivity index (χ1) is 9.43. The van der Waals surface area contributed by atoms with Crippen molar-refractivity contribution in [3.63, 3.8) is 0 Å². The number of carbonyl (C=O) groups is 1. The van der Waals surface area contributed by atoms with E-state index in [9.17, 15) is 15.0 Å². The monoisotopic (exact) mass is 280 g/mol. The van der Waals surface area contributed by atoms with Crippen molar-refractivity contribution in [2.24, 2.45) is 20.0 Å². The van der Waals surface area contributed by atoms with E-state index in [4.69, 9.17) is 9.84 Å². The van der Waals surface area contributed by atoms with Gasteiger partial charge in [0.1, 0.15) is 29.6 Å². The Morgan fingerprint density at radius 3 is 2.80 bits per heavy atom. The molecule has 20 heavy (non-hydrogen) atoms. The summed E-state index contributed by atoms with van der Waals surface area (Å²) in [6.07, 6.45) is -2.01. The predicted octanol–water partition coefficient (Wildman–Crippen LogP) is -1.69. The lowest BCUT2D eigenvalue weighted by Crippen LogP contribution is -2.48. The number of hydrogen-bond donors (Lipinski definition) is 3. The third-order valence-electron chi connectivity index (χ3n) is 3.39. The van der Waals surface area contributed by atoms with Crippen molar-refractivity contribution >= 4 is 29.6 Å². The van der Waals surface area contributed by atoms with Gasteiger partial charge in [0, 0.05) is 0 Å². The zero-order valence-electron chi connectivity index (χ0n) is 10.5. The molecule has 0 aliphatic carbocycles. The Kier molecular flexibility index (Phi) is 2.87.